The molecule has 1 saturated heterocycles. The third-order valence-electron chi connectivity index (χ3n) is 8.30. The van der Waals surface area contributed by atoms with Crippen molar-refractivity contribution in [2.75, 3.05) is 23.7 Å². The first-order valence-electron chi connectivity index (χ1n) is 15.6. The zero-order valence-electron chi connectivity index (χ0n) is 26.6. The van der Waals surface area contributed by atoms with Gasteiger partial charge in [0, 0.05) is 40.5 Å². The molecule has 5 aromatic rings. The number of ketones is 1. The van der Waals surface area contributed by atoms with Gasteiger partial charge in [0.1, 0.15) is 16.5 Å². The maximum Gasteiger partial charge on any atom is 0.324 e. The van der Waals surface area contributed by atoms with Crippen LogP contribution in [0.15, 0.2) is 84.5 Å². The molecule has 236 valence electrons. The number of benzene rings is 2. The number of Topliss-reactive ketones (excluding diaryl/α,β-unsaturated/α-hetero) is 1. The zero-order valence-corrected chi connectivity index (χ0v) is 27.4. The van der Waals surface area contributed by atoms with E-state index in [1.54, 1.807) is 17.1 Å². The fourth-order valence-electron chi connectivity index (χ4n) is 5.79. The van der Waals surface area contributed by atoms with Gasteiger partial charge in [-0.25, -0.2) is 14.5 Å². The lowest BCUT2D eigenvalue weighted by Gasteiger charge is -2.30. The normalized spacial score (nSPS) is 14.5. The maximum atomic E-state index is 14.1. The minimum absolute atomic E-state index is 0.00315. The van der Waals surface area contributed by atoms with E-state index in [0.29, 0.717) is 17.2 Å². The van der Waals surface area contributed by atoms with E-state index >= 15 is 0 Å². The molecule has 3 N–H and O–H groups in total. The topological polar surface area (TPSA) is 114 Å². The van der Waals surface area contributed by atoms with E-state index in [1.165, 1.54) is 11.3 Å². The van der Waals surface area contributed by atoms with Crippen LogP contribution in [0.25, 0.3) is 16.3 Å². The fourth-order valence-corrected chi connectivity index (χ4v) is 6.59. The first kappa shape index (κ1) is 31.3. The number of aromatic nitrogens is 4. The number of amides is 2. The van der Waals surface area contributed by atoms with E-state index in [-0.39, 0.29) is 23.0 Å². The molecule has 1 atom stereocenters. The van der Waals surface area contributed by atoms with Crippen molar-refractivity contribution >= 4 is 34.7 Å². The highest BCUT2D eigenvalue weighted by atomic mass is 32.1. The van der Waals surface area contributed by atoms with Crippen LogP contribution in [0.5, 0.6) is 0 Å². The molecule has 10 heteroatoms. The Kier molecular flexibility index (Phi) is 9.10. The van der Waals surface area contributed by atoms with Crippen molar-refractivity contribution in [2.24, 2.45) is 5.92 Å². The molecule has 2 amide bonds. The van der Waals surface area contributed by atoms with Crippen molar-refractivity contribution in [3.8, 4) is 16.3 Å². The molecule has 1 aliphatic heterocycles. The molecule has 46 heavy (non-hydrogen) atoms. The molecule has 3 aromatic heterocycles. The van der Waals surface area contributed by atoms with Crippen molar-refractivity contribution in [1.82, 2.24) is 25.1 Å². The Labute approximate surface area is 273 Å². The quantitative estimate of drug-likeness (QED) is 0.152. The number of rotatable bonds is 8. The summed E-state index contributed by atoms with van der Waals surface area (Å²) >= 11 is 1.45. The molecule has 0 spiro atoms. The van der Waals surface area contributed by atoms with E-state index in [0.717, 1.165) is 59.0 Å². The molecule has 4 heterocycles. The van der Waals surface area contributed by atoms with Crippen LogP contribution in [0.1, 0.15) is 66.8 Å². The van der Waals surface area contributed by atoms with Gasteiger partial charge in [0.25, 0.3) is 0 Å². The van der Waals surface area contributed by atoms with Crippen LogP contribution in [-0.2, 0) is 5.41 Å². The van der Waals surface area contributed by atoms with Crippen LogP contribution < -0.4 is 16.0 Å². The number of hydrogen-bond acceptors (Lipinski definition) is 7. The Morgan fingerprint density at radius 2 is 1.78 bits per heavy atom. The Morgan fingerprint density at radius 1 is 1.00 bits per heavy atom. The van der Waals surface area contributed by atoms with Gasteiger partial charge in [-0.2, -0.15) is 5.10 Å². The van der Waals surface area contributed by atoms with E-state index in [1.807, 2.05) is 79.0 Å². The van der Waals surface area contributed by atoms with Gasteiger partial charge in [-0.15, -0.1) is 11.3 Å². The average molecular weight is 634 g/mol. The molecule has 0 radical (unpaired) electrons. The first-order valence-corrected chi connectivity index (χ1v) is 16.5. The number of aryl methyl sites for hydroxylation is 1. The van der Waals surface area contributed by atoms with Gasteiger partial charge < -0.3 is 10.6 Å². The van der Waals surface area contributed by atoms with Gasteiger partial charge in [0.2, 0.25) is 0 Å². The molecular weight excluding hydrogens is 595 g/mol. The maximum absolute atomic E-state index is 14.1. The molecule has 1 unspecified atom stereocenters. The Bertz CT molecular complexity index is 1820. The van der Waals surface area contributed by atoms with Crippen molar-refractivity contribution in [1.29, 1.82) is 0 Å². The lowest BCUT2D eigenvalue weighted by molar-refractivity contribution is 0.0912. The number of hydrogen-bond donors (Lipinski definition) is 3. The van der Waals surface area contributed by atoms with Crippen LogP contribution in [0.2, 0.25) is 0 Å². The zero-order chi connectivity index (χ0) is 32.3. The predicted octanol–water partition coefficient (Wildman–Crippen LogP) is 7.61. The number of carbonyl (C=O) groups excluding carboxylic acids is 2. The molecule has 1 fully saturated rings. The number of piperidine rings is 1. The van der Waals surface area contributed by atoms with E-state index in [9.17, 15) is 9.59 Å². The Balaban J connectivity index is 1.25. The number of thiazole rings is 1. The standard InChI is InChI=1S/C36H39N7O2S/c1-23-10-12-28(13-11-23)43-31(20-30(42-43)36(2,3)4)41-35(45)39-27-9-5-7-25(19-27)32(24-14-17-37-18-15-24)33(44)29-22-46-34(40-29)26-8-6-16-38-21-26/h5-13,16,19-22,24,32,37H,14-15,17-18H2,1-4H3,(H2,39,41,45). The third-order valence-corrected chi connectivity index (χ3v) is 9.20. The summed E-state index contributed by atoms with van der Waals surface area (Å²) in [5.41, 5.74) is 5.48. The summed E-state index contributed by atoms with van der Waals surface area (Å²) in [4.78, 5) is 36.5. The van der Waals surface area contributed by atoms with Crippen LogP contribution in [0.3, 0.4) is 0 Å². The molecule has 0 aliphatic carbocycles. The number of carbonyl (C=O) groups is 2. The van der Waals surface area contributed by atoms with E-state index in [2.05, 4.69) is 41.7 Å². The molecule has 2 aromatic carbocycles. The summed E-state index contributed by atoms with van der Waals surface area (Å²) in [6.45, 7) is 10.0. The summed E-state index contributed by atoms with van der Waals surface area (Å²) in [6.07, 6.45) is 5.25. The van der Waals surface area contributed by atoms with Crippen LogP contribution in [0.4, 0.5) is 16.3 Å². The smallest absolute Gasteiger partial charge is 0.317 e. The molecule has 0 bridgehead atoms. The Hall–Kier alpha value is -4.67. The largest absolute Gasteiger partial charge is 0.324 e. The van der Waals surface area contributed by atoms with Crippen molar-refractivity contribution in [3.05, 3.63) is 107 Å². The summed E-state index contributed by atoms with van der Waals surface area (Å²) in [5, 5.41) is 16.8. The minimum atomic E-state index is -0.392. The highest BCUT2D eigenvalue weighted by Gasteiger charge is 2.33. The first-order chi connectivity index (χ1) is 22.2. The third kappa shape index (κ3) is 7.08. The van der Waals surface area contributed by atoms with Crippen LogP contribution in [-0.4, -0.2) is 44.7 Å². The molecule has 1 aliphatic rings. The van der Waals surface area contributed by atoms with Crippen molar-refractivity contribution in [3.63, 3.8) is 0 Å². The highest BCUT2D eigenvalue weighted by molar-refractivity contribution is 7.13. The van der Waals surface area contributed by atoms with Crippen molar-refractivity contribution in [2.45, 2.75) is 51.9 Å². The molecule has 9 nitrogen and oxygen atoms in total. The fraction of sp³-hybridized carbons (Fsp3) is 0.306. The van der Waals surface area contributed by atoms with Gasteiger partial charge >= 0.3 is 6.03 Å². The monoisotopic (exact) mass is 633 g/mol. The lowest BCUT2D eigenvalue weighted by atomic mass is 9.77. The highest BCUT2D eigenvalue weighted by Crippen LogP contribution is 2.36. The SMILES string of the molecule is Cc1ccc(-n2nc(C(C)(C)C)cc2NC(=O)Nc2cccc(C(C(=O)c3csc(-c4cccnc4)n3)C3CCNCC3)c2)cc1. The summed E-state index contributed by atoms with van der Waals surface area (Å²) < 4.78 is 1.76. The molecule has 0 saturated carbocycles. The number of urea groups is 1. The van der Waals surface area contributed by atoms with Gasteiger partial charge in [-0.1, -0.05) is 50.6 Å². The van der Waals surface area contributed by atoms with Crippen LogP contribution in [0, 0.1) is 12.8 Å². The van der Waals surface area contributed by atoms with Gasteiger partial charge in [0.15, 0.2) is 5.78 Å². The average Bonchev–Trinajstić information content (AvgIpc) is 3.71. The van der Waals surface area contributed by atoms with Gasteiger partial charge in [0.05, 0.1) is 17.3 Å². The summed E-state index contributed by atoms with van der Waals surface area (Å²) in [5.74, 6) is 0.337. The molecule has 6 rings (SSSR count). The number of anilines is 2. The number of nitrogens with one attached hydrogen (secondary N) is 3. The second-order valence-corrected chi connectivity index (χ2v) is 13.7. The lowest BCUT2D eigenvalue weighted by Crippen LogP contribution is -2.33. The van der Waals surface area contributed by atoms with E-state index < -0.39 is 6.03 Å². The van der Waals surface area contributed by atoms with Crippen LogP contribution >= 0.6 is 11.3 Å². The van der Waals surface area contributed by atoms with Gasteiger partial charge in [-0.3, -0.25) is 15.1 Å². The minimum Gasteiger partial charge on any atom is -0.317 e. The summed E-state index contributed by atoms with van der Waals surface area (Å²) in [6, 6.07) is 21.0. The van der Waals surface area contributed by atoms with Gasteiger partial charge in [-0.05, 0) is 80.7 Å². The second kappa shape index (κ2) is 13.4. The Morgan fingerprint density at radius 3 is 2.50 bits per heavy atom. The summed E-state index contributed by atoms with van der Waals surface area (Å²) in [7, 11) is 0. The second-order valence-electron chi connectivity index (χ2n) is 12.8. The van der Waals surface area contributed by atoms with Crippen molar-refractivity contribution < 1.29 is 9.59 Å². The van der Waals surface area contributed by atoms with E-state index in [4.69, 9.17) is 10.1 Å². The predicted molar refractivity (Wildman–Crippen MR) is 184 cm³/mol. The number of nitrogens with zero attached hydrogens (tertiary/aromatic N) is 4. The number of pyridine rings is 1. The molecular formula is C36H39N7O2S.